The first-order valence-corrected chi connectivity index (χ1v) is 9.65. The highest BCUT2D eigenvalue weighted by atomic mass is 16.5. The van der Waals surface area contributed by atoms with E-state index < -0.39 is 0 Å². The summed E-state index contributed by atoms with van der Waals surface area (Å²) in [6.07, 6.45) is 3.70. The molecule has 0 N–H and O–H groups in total. The second kappa shape index (κ2) is 9.05. The van der Waals surface area contributed by atoms with Crippen LogP contribution < -0.4 is 9.47 Å². The highest BCUT2D eigenvalue weighted by Crippen LogP contribution is 2.32. The maximum Gasteiger partial charge on any atom is 0.119 e. The molecule has 0 aromatic heterocycles. The van der Waals surface area contributed by atoms with E-state index in [4.69, 9.17) is 19.5 Å². The molecule has 0 saturated carbocycles. The zero-order chi connectivity index (χ0) is 20.8. The number of nitrogens with zero attached hydrogens (tertiary/aromatic N) is 2. The third-order valence-corrected chi connectivity index (χ3v) is 4.77. The molecule has 4 aromatic rings. The third kappa shape index (κ3) is 4.39. The number of fused-ring (bicyclic) bond motifs is 1. The van der Waals surface area contributed by atoms with E-state index in [9.17, 15) is 0 Å². The Bertz CT molecular complexity index is 1130. The number of rotatable bonds is 6. The van der Waals surface area contributed by atoms with Crippen LogP contribution >= 0.6 is 0 Å². The summed E-state index contributed by atoms with van der Waals surface area (Å²) in [4.78, 5) is 9.43. The van der Waals surface area contributed by atoms with Gasteiger partial charge in [-0.3, -0.25) is 9.98 Å². The van der Waals surface area contributed by atoms with Gasteiger partial charge in [-0.15, -0.1) is 0 Å². The van der Waals surface area contributed by atoms with Crippen molar-refractivity contribution in [1.82, 2.24) is 0 Å². The minimum absolute atomic E-state index is 0.811. The molecule has 4 rings (SSSR count). The molecule has 4 aromatic carbocycles. The minimum atomic E-state index is 0.811. The minimum Gasteiger partial charge on any atom is -0.497 e. The van der Waals surface area contributed by atoms with Gasteiger partial charge in [0.15, 0.2) is 0 Å². The molecule has 30 heavy (non-hydrogen) atoms. The smallest absolute Gasteiger partial charge is 0.119 e. The van der Waals surface area contributed by atoms with Crippen molar-refractivity contribution in [2.75, 3.05) is 14.2 Å². The van der Waals surface area contributed by atoms with Crippen molar-refractivity contribution in [3.8, 4) is 11.5 Å². The number of ether oxygens (including phenoxy) is 2. The summed E-state index contributed by atoms with van der Waals surface area (Å²) < 4.78 is 10.6. The molecule has 0 radical (unpaired) electrons. The first-order valence-electron chi connectivity index (χ1n) is 9.65. The SMILES string of the molecule is COc1cccc(C=Nc2cccc3c(N=Cc4cccc(OC)c4)cccc23)c1. The fourth-order valence-electron chi connectivity index (χ4n) is 3.23. The van der Waals surface area contributed by atoms with Crippen LogP contribution in [0.1, 0.15) is 11.1 Å². The van der Waals surface area contributed by atoms with Crippen molar-refractivity contribution in [1.29, 1.82) is 0 Å². The quantitative estimate of drug-likeness (QED) is 0.357. The van der Waals surface area contributed by atoms with Crippen LogP contribution in [0.2, 0.25) is 0 Å². The largest absolute Gasteiger partial charge is 0.497 e. The summed E-state index contributed by atoms with van der Waals surface area (Å²) in [5, 5.41) is 2.11. The van der Waals surface area contributed by atoms with Gasteiger partial charge in [0.2, 0.25) is 0 Å². The fraction of sp³-hybridized carbons (Fsp3) is 0.0769. The van der Waals surface area contributed by atoms with E-state index in [1.54, 1.807) is 14.2 Å². The zero-order valence-corrected chi connectivity index (χ0v) is 16.9. The Morgan fingerprint density at radius 3 is 1.43 bits per heavy atom. The molecule has 4 heteroatoms. The molecule has 0 unspecified atom stereocenters. The molecule has 0 aliphatic rings. The Kier molecular flexibility index (Phi) is 5.85. The van der Waals surface area contributed by atoms with E-state index in [-0.39, 0.29) is 0 Å². The van der Waals surface area contributed by atoms with E-state index in [2.05, 4.69) is 12.1 Å². The summed E-state index contributed by atoms with van der Waals surface area (Å²) >= 11 is 0. The van der Waals surface area contributed by atoms with Gasteiger partial charge in [-0.2, -0.15) is 0 Å². The van der Waals surface area contributed by atoms with E-state index in [1.807, 2.05) is 85.2 Å². The number of methoxy groups -OCH3 is 2. The van der Waals surface area contributed by atoms with Crippen LogP contribution in [0.3, 0.4) is 0 Å². The van der Waals surface area contributed by atoms with E-state index in [0.717, 1.165) is 44.8 Å². The summed E-state index contributed by atoms with van der Waals surface area (Å²) in [5.74, 6) is 1.62. The second-order valence-corrected chi connectivity index (χ2v) is 6.72. The monoisotopic (exact) mass is 394 g/mol. The molecule has 0 bridgehead atoms. The average molecular weight is 394 g/mol. The molecule has 0 atom stereocenters. The maximum absolute atomic E-state index is 5.29. The van der Waals surface area contributed by atoms with E-state index in [1.165, 1.54) is 0 Å². The van der Waals surface area contributed by atoms with Crippen molar-refractivity contribution < 1.29 is 9.47 Å². The van der Waals surface area contributed by atoms with Gasteiger partial charge >= 0.3 is 0 Å². The number of hydrogen-bond acceptors (Lipinski definition) is 4. The van der Waals surface area contributed by atoms with Crippen LogP contribution in [0.5, 0.6) is 11.5 Å². The molecule has 4 nitrogen and oxygen atoms in total. The van der Waals surface area contributed by atoms with Crippen LogP contribution in [0.25, 0.3) is 10.8 Å². The van der Waals surface area contributed by atoms with Gasteiger partial charge in [0, 0.05) is 23.2 Å². The van der Waals surface area contributed by atoms with Crippen LogP contribution in [-0.4, -0.2) is 26.6 Å². The van der Waals surface area contributed by atoms with Gasteiger partial charge in [0.1, 0.15) is 11.5 Å². The van der Waals surface area contributed by atoms with Crippen LogP contribution in [-0.2, 0) is 0 Å². The zero-order valence-electron chi connectivity index (χ0n) is 16.9. The lowest BCUT2D eigenvalue weighted by Gasteiger charge is -2.05. The van der Waals surface area contributed by atoms with Gasteiger partial charge in [-0.1, -0.05) is 48.5 Å². The number of aliphatic imine (C=N–C) groups is 2. The molecular formula is C26H22N2O2. The molecule has 0 aliphatic carbocycles. The lowest BCUT2D eigenvalue weighted by atomic mass is 10.1. The Morgan fingerprint density at radius 1 is 0.567 bits per heavy atom. The molecule has 0 heterocycles. The Labute approximate surface area is 176 Å². The Morgan fingerprint density at radius 2 is 1.00 bits per heavy atom. The van der Waals surface area contributed by atoms with Crippen molar-refractivity contribution in [2.45, 2.75) is 0 Å². The number of hydrogen-bond donors (Lipinski definition) is 0. The van der Waals surface area contributed by atoms with Crippen LogP contribution in [0.15, 0.2) is 94.9 Å². The fourth-order valence-corrected chi connectivity index (χ4v) is 3.23. The molecule has 148 valence electrons. The molecule has 0 aliphatic heterocycles. The second-order valence-electron chi connectivity index (χ2n) is 6.72. The highest BCUT2D eigenvalue weighted by Gasteiger charge is 2.04. The normalized spacial score (nSPS) is 11.4. The first-order chi connectivity index (χ1) is 14.8. The molecule has 0 saturated heterocycles. The van der Waals surface area contributed by atoms with E-state index >= 15 is 0 Å². The molecular weight excluding hydrogens is 372 g/mol. The molecule has 0 spiro atoms. The topological polar surface area (TPSA) is 43.2 Å². The van der Waals surface area contributed by atoms with Gasteiger partial charge in [-0.25, -0.2) is 0 Å². The Balaban J connectivity index is 1.67. The predicted octanol–water partition coefficient (Wildman–Crippen LogP) is 6.36. The highest BCUT2D eigenvalue weighted by molar-refractivity contribution is 6.02. The summed E-state index contributed by atoms with van der Waals surface area (Å²) in [5.41, 5.74) is 3.76. The molecule has 0 fully saturated rings. The predicted molar refractivity (Wildman–Crippen MR) is 124 cm³/mol. The van der Waals surface area contributed by atoms with Crippen molar-refractivity contribution >= 4 is 34.6 Å². The lowest BCUT2D eigenvalue weighted by Crippen LogP contribution is -1.86. The lowest BCUT2D eigenvalue weighted by molar-refractivity contribution is 0.414. The summed E-state index contributed by atoms with van der Waals surface area (Å²) in [6.45, 7) is 0. The van der Waals surface area contributed by atoms with Crippen LogP contribution in [0, 0.1) is 0 Å². The Hall–Kier alpha value is -3.92. The number of benzene rings is 4. The average Bonchev–Trinajstić information content (AvgIpc) is 2.81. The first kappa shape index (κ1) is 19.4. The standard InChI is InChI=1S/C26H22N2O2/c1-29-21-9-3-7-19(15-21)17-27-25-13-5-12-24-23(25)11-6-14-26(24)28-18-20-8-4-10-22(16-20)30-2/h3-18H,1-2H3. The van der Waals surface area contributed by atoms with Gasteiger partial charge in [0.05, 0.1) is 25.6 Å². The van der Waals surface area contributed by atoms with Crippen molar-refractivity contribution in [3.63, 3.8) is 0 Å². The maximum atomic E-state index is 5.29. The van der Waals surface area contributed by atoms with Gasteiger partial charge in [0.25, 0.3) is 0 Å². The van der Waals surface area contributed by atoms with Gasteiger partial charge < -0.3 is 9.47 Å². The third-order valence-electron chi connectivity index (χ3n) is 4.77. The van der Waals surface area contributed by atoms with Crippen molar-refractivity contribution in [2.24, 2.45) is 9.98 Å². The van der Waals surface area contributed by atoms with Crippen LogP contribution in [0.4, 0.5) is 11.4 Å². The molecule has 0 amide bonds. The van der Waals surface area contributed by atoms with Gasteiger partial charge in [-0.05, 0) is 47.5 Å². The summed E-state index contributed by atoms with van der Waals surface area (Å²) in [7, 11) is 3.32. The van der Waals surface area contributed by atoms with Crippen molar-refractivity contribution in [3.05, 3.63) is 96.1 Å². The summed E-state index contributed by atoms with van der Waals surface area (Å²) in [6, 6.07) is 27.8. The van der Waals surface area contributed by atoms with E-state index in [0.29, 0.717) is 0 Å².